The van der Waals surface area contributed by atoms with Gasteiger partial charge in [-0.25, -0.2) is 4.98 Å². The number of hydrogen-bond acceptors (Lipinski definition) is 5. The number of aryl methyl sites for hydroxylation is 2. The van der Waals surface area contributed by atoms with Crippen LogP contribution in [0.2, 0.25) is 0 Å². The molecule has 1 N–H and O–H groups in total. The normalized spacial score (nSPS) is 12.7. The molecule has 126 valence electrons. The van der Waals surface area contributed by atoms with Crippen LogP contribution in [0.1, 0.15) is 34.8 Å². The fraction of sp³-hybridized carbons (Fsp3) is 0.316. The third-order valence-corrected chi connectivity index (χ3v) is 3.98. The van der Waals surface area contributed by atoms with Crippen LogP contribution in [0.3, 0.4) is 0 Å². The summed E-state index contributed by atoms with van der Waals surface area (Å²) >= 11 is 0. The maximum Gasteiger partial charge on any atom is 0.208 e. The first-order valence-corrected chi connectivity index (χ1v) is 8.02. The van der Waals surface area contributed by atoms with Crippen LogP contribution < -0.4 is 0 Å². The molecule has 1 aromatic carbocycles. The molecule has 0 aliphatic heterocycles. The second kappa shape index (κ2) is 7.47. The molecule has 24 heavy (non-hydrogen) atoms. The molecular weight excluding hydrogens is 304 g/mol. The maximum atomic E-state index is 10.4. The molecule has 0 amide bonds. The quantitative estimate of drug-likeness (QED) is 0.718. The van der Waals surface area contributed by atoms with Gasteiger partial charge < -0.3 is 13.9 Å². The average molecular weight is 326 g/mol. The predicted molar refractivity (Wildman–Crippen MR) is 90.2 cm³/mol. The molecule has 3 rings (SSSR count). The van der Waals surface area contributed by atoms with Crippen molar-refractivity contribution in [1.82, 2.24) is 9.88 Å². The highest BCUT2D eigenvalue weighted by Gasteiger charge is 2.18. The number of benzene rings is 1. The van der Waals surface area contributed by atoms with Gasteiger partial charge in [-0.1, -0.05) is 30.3 Å². The van der Waals surface area contributed by atoms with Crippen molar-refractivity contribution < 1.29 is 13.9 Å². The summed E-state index contributed by atoms with van der Waals surface area (Å²) in [4.78, 5) is 6.55. The Hall–Kier alpha value is -2.37. The summed E-state index contributed by atoms with van der Waals surface area (Å²) in [6.07, 6.45) is 0.877. The molecule has 5 heteroatoms. The Labute approximate surface area is 141 Å². The number of nitrogens with zero attached hydrogens (tertiary/aromatic N) is 2. The van der Waals surface area contributed by atoms with E-state index in [1.54, 1.807) is 18.4 Å². The first-order chi connectivity index (χ1) is 11.6. The Kier molecular flexibility index (Phi) is 5.13. The fourth-order valence-corrected chi connectivity index (χ4v) is 2.64. The van der Waals surface area contributed by atoms with Crippen molar-refractivity contribution in [1.29, 1.82) is 0 Å². The number of rotatable bonds is 7. The van der Waals surface area contributed by atoms with E-state index in [0.717, 1.165) is 11.5 Å². The minimum Gasteiger partial charge on any atom is -0.467 e. The lowest BCUT2D eigenvalue weighted by atomic mass is 10.2. The monoisotopic (exact) mass is 326 g/mol. The molecule has 1 unspecified atom stereocenters. The SMILES string of the molecule is Cc1nc(CN(Cc2ccccc2)CC(O)c2ccco2)oc1C. The van der Waals surface area contributed by atoms with E-state index < -0.39 is 6.10 Å². The van der Waals surface area contributed by atoms with Crippen LogP contribution in [0.15, 0.2) is 57.6 Å². The zero-order valence-corrected chi connectivity index (χ0v) is 14.0. The standard InChI is InChI=1S/C19H22N2O3/c1-14-15(2)24-19(20-14)13-21(11-16-7-4-3-5-8-16)12-17(22)18-9-6-10-23-18/h3-10,17,22H,11-13H2,1-2H3. The Morgan fingerprint density at radius 2 is 1.88 bits per heavy atom. The van der Waals surface area contributed by atoms with Crippen molar-refractivity contribution in [3.8, 4) is 0 Å². The highest BCUT2D eigenvalue weighted by atomic mass is 16.4. The summed E-state index contributed by atoms with van der Waals surface area (Å²) in [6, 6.07) is 13.7. The molecule has 3 aromatic rings. The van der Waals surface area contributed by atoms with Crippen LogP contribution >= 0.6 is 0 Å². The summed E-state index contributed by atoms with van der Waals surface area (Å²) in [5.74, 6) is 2.05. The molecule has 0 fully saturated rings. The Balaban J connectivity index is 1.74. The summed E-state index contributed by atoms with van der Waals surface area (Å²) < 4.78 is 11.0. The highest BCUT2D eigenvalue weighted by molar-refractivity contribution is 5.15. The van der Waals surface area contributed by atoms with Gasteiger partial charge in [-0.2, -0.15) is 0 Å². The zero-order chi connectivity index (χ0) is 16.9. The third-order valence-electron chi connectivity index (χ3n) is 3.98. The zero-order valence-electron chi connectivity index (χ0n) is 14.0. The number of furan rings is 1. The molecule has 0 aliphatic carbocycles. The first kappa shape index (κ1) is 16.5. The summed E-state index contributed by atoms with van der Waals surface area (Å²) in [7, 11) is 0. The Morgan fingerprint density at radius 1 is 1.08 bits per heavy atom. The van der Waals surface area contributed by atoms with E-state index >= 15 is 0 Å². The molecule has 0 aliphatic rings. The molecule has 0 saturated heterocycles. The van der Waals surface area contributed by atoms with E-state index in [-0.39, 0.29) is 0 Å². The van der Waals surface area contributed by atoms with Gasteiger partial charge in [0.15, 0.2) is 0 Å². The molecule has 0 bridgehead atoms. The molecule has 5 nitrogen and oxygen atoms in total. The molecule has 2 aromatic heterocycles. The van der Waals surface area contributed by atoms with Gasteiger partial charge in [0.05, 0.1) is 18.5 Å². The van der Waals surface area contributed by atoms with Gasteiger partial charge in [0.1, 0.15) is 17.6 Å². The van der Waals surface area contributed by atoms with Gasteiger partial charge in [-0.3, -0.25) is 4.90 Å². The van der Waals surface area contributed by atoms with E-state index in [2.05, 4.69) is 22.0 Å². The number of aliphatic hydroxyl groups is 1. The van der Waals surface area contributed by atoms with Gasteiger partial charge in [0, 0.05) is 13.1 Å². The number of hydrogen-bond donors (Lipinski definition) is 1. The second-order valence-corrected chi connectivity index (χ2v) is 5.94. The van der Waals surface area contributed by atoms with Crippen LogP contribution in [0.4, 0.5) is 0 Å². The van der Waals surface area contributed by atoms with Gasteiger partial charge in [0.2, 0.25) is 5.89 Å². The molecule has 2 heterocycles. The van der Waals surface area contributed by atoms with Crippen molar-refractivity contribution in [3.63, 3.8) is 0 Å². The lowest BCUT2D eigenvalue weighted by Crippen LogP contribution is -2.28. The minimum atomic E-state index is -0.694. The van der Waals surface area contributed by atoms with Crippen LogP contribution in [-0.2, 0) is 13.1 Å². The maximum absolute atomic E-state index is 10.4. The van der Waals surface area contributed by atoms with Crippen molar-refractivity contribution >= 4 is 0 Å². The van der Waals surface area contributed by atoms with Gasteiger partial charge in [0.25, 0.3) is 0 Å². The first-order valence-electron chi connectivity index (χ1n) is 8.02. The van der Waals surface area contributed by atoms with Crippen molar-refractivity contribution in [2.45, 2.75) is 33.0 Å². The van der Waals surface area contributed by atoms with Crippen molar-refractivity contribution in [2.75, 3.05) is 6.54 Å². The van der Waals surface area contributed by atoms with E-state index in [9.17, 15) is 5.11 Å². The summed E-state index contributed by atoms with van der Waals surface area (Å²) in [6.45, 7) is 5.50. The predicted octanol–water partition coefficient (Wildman–Crippen LogP) is 3.62. The van der Waals surface area contributed by atoms with E-state index in [1.807, 2.05) is 32.0 Å². The lowest BCUT2D eigenvalue weighted by Gasteiger charge is -2.23. The van der Waals surface area contributed by atoms with Crippen LogP contribution in [-0.4, -0.2) is 21.5 Å². The van der Waals surface area contributed by atoms with Crippen LogP contribution in [0.5, 0.6) is 0 Å². The molecule has 0 spiro atoms. The molecule has 0 saturated carbocycles. The smallest absolute Gasteiger partial charge is 0.208 e. The van der Waals surface area contributed by atoms with Gasteiger partial charge in [-0.15, -0.1) is 0 Å². The van der Waals surface area contributed by atoms with Crippen molar-refractivity contribution in [2.24, 2.45) is 0 Å². The van der Waals surface area contributed by atoms with E-state index in [4.69, 9.17) is 8.83 Å². The fourth-order valence-electron chi connectivity index (χ4n) is 2.64. The molecule has 0 radical (unpaired) electrons. The summed E-state index contributed by atoms with van der Waals surface area (Å²) in [5, 5.41) is 10.4. The Bertz CT molecular complexity index is 731. The number of aliphatic hydroxyl groups excluding tert-OH is 1. The Morgan fingerprint density at radius 3 is 2.50 bits per heavy atom. The third kappa shape index (κ3) is 4.13. The number of aromatic nitrogens is 1. The van der Waals surface area contributed by atoms with Gasteiger partial charge in [-0.05, 0) is 31.5 Å². The second-order valence-electron chi connectivity index (χ2n) is 5.94. The largest absolute Gasteiger partial charge is 0.467 e. The lowest BCUT2D eigenvalue weighted by molar-refractivity contribution is 0.0827. The van der Waals surface area contributed by atoms with Crippen LogP contribution in [0.25, 0.3) is 0 Å². The van der Waals surface area contributed by atoms with Crippen LogP contribution in [0, 0.1) is 13.8 Å². The number of oxazole rings is 1. The average Bonchev–Trinajstić information content (AvgIpc) is 3.19. The topological polar surface area (TPSA) is 62.6 Å². The molecular formula is C19H22N2O3. The highest BCUT2D eigenvalue weighted by Crippen LogP contribution is 2.19. The minimum absolute atomic E-state index is 0.433. The van der Waals surface area contributed by atoms with E-state index in [0.29, 0.717) is 31.3 Å². The summed E-state index contributed by atoms with van der Waals surface area (Å²) in [5.41, 5.74) is 2.07. The molecule has 1 atom stereocenters. The van der Waals surface area contributed by atoms with Crippen molar-refractivity contribution in [3.05, 3.63) is 77.4 Å². The van der Waals surface area contributed by atoms with E-state index in [1.165, 1.54) is 5.56 Å². The van der Waals surface area contributed by atoms with Gasteiger partial charge >= 0.3 is 0 Å².